The van der Waals surface area contributed by atoms with Crippen molar-refractivity contribution in [3.05, 3.63) is 71.1 Å². The van der Waals surface area contributed by atoms with Gasteiger partial charge in [-0.15, -0.1) is 0 Å². The molecule has 27 heavy (non-hydrogen) atoms. The summed E-state index contributed by atoms with van der Waals surface area (Å²) >= 11 is 6.15. The van der Waals surface area contributed by atoms with Crippen LogP contribution < -0.4 is 10.6 Å². The molecule has 2 N–H and O–H groups in total. The molecule has 1 fully saturated rings. The smallest absolute Gasteiger partial charge is 0.123 e. The fourth-order valence-corrected chi connectivity index (χ4v) is 4.18. The lowest BCUT2D eigenvalue weighted by molar-refractivity contribution is 0.374. The van der Waals surface area contributed by atoms with Crippen molar-refractivity contribution < 1.29 is 4.39 Å². The first-order valence-corrected chi connectivity index (χ1v) is 9.79. The van der Waals surface area contributed by atoms with Crippen molar-refractivity contribution in [2.45, 2.75) is 44.3 Å². The molecule has 1 aromatic heterocycles. The Hall–Kier alpha value is -2.17. The monoisotopic (exact) mass is 383 g/mol. The molecule has 3 aromatic rings. The minimum Gasteiger partial charge on any atom is -0.364 e. The highest BCUT2D eigenvalue weighted by Crippen LogP contribution is 2.34. The van der Waals surface area contributed by atoms with E-state index in [1.54, 1.807) is 12.1 Å². The highest BCUT2D eigenvalue weighted by Gasteiger charge is 2.26. The van der Waals surface area contributed by atoms with E-state index in [-0.39, 0.29) is 11.9 Å². The van der Waals surface area contributed by atoms with Crippen molar-refractivity contribution in [1.82, 2.24) is 4.98 Å². The summed E-state index contributed by atoms with van der Waals surface area (Å²) in [5, 5.41) is 1.74. The second-order valence-electron chi connectivity index (χ2n) is 7.32. The van der Waals surface area contributed by atoms with Gasteiger partial charge in [-0.05, 0) is 67.6 Å². The summed E-state index contributed by atoms with van der Waals surface area (Å²) in [6, 6.07) is 15.3. The lowest BCUT2D eigenvalue weighted by Crippen LogP contribution is -2.40. The number of hydrogen-bond acceptors (Lipinski definition) is 3. The molecule has 1 aliphatic rings. The standard InChI is InChI=1S/C22H23ClFN3/c23-16-4-9-20-21(13-16)26-11-10-22(20)27(19-7-5-18(25)6-8-19)14-15-2-1-3-17(24)12-15/h1-4,9-13,18-19H,5-8,14,25H2. The molecular formula is C22H23ClFN3. The summed E-state index contributed by atoms with van der Waals surface area (Å²) in [5.41, 5.74) is 9.07. The van der Waals surface area contributed by atoms with E-state index in [1.165, 1.54) is 6.07 Å². The Labute approximate surface area is 164 Å². The van der Waals surface area contributed by atoms with Crippen LogP contribution in [0.2, 0.25) is 5.02 Å². The van der Waals surface area contributed by atoms with Crippen molar-refractivity contribution in [3.63, 3.8) is 0 Å². The predicted octanol–water partition coefficient (Wildman–Crippen LogP) is 5.30. The molecule has 5 heteroatoms. The number of hydrogen-bond donors (Lipinski definition) is 1. The second-order valence-corrected chi connectivity index (χ2v) is 7.75. The van der Waals surface area contributed by atoms with Crippen molar-refractivity contribution >= 4 is 28.2 Å². The maximum absolute atomic E-state index is 13.8. The van der Waals surface area contributed by atoms with E-state index < -0.39 is 0 Å². The summed E-state index contributed by atoms with van der Waals surface area (Å²) < 4.78 is 13.8. The fraction of sp³-hybridized carbons (Fsp3) is 0.318. The summed E-state index contributed by atoms with van der Waals surface area (Å²) in [6.45, 7) is 0.652. The van der Waals surface area contributed by atoms with Crippen molar-refractivity contribution in [2.24, 2.45) is 5.73 Å². The first-order chi connectivity index (χ1) is 13.1. The van der Waals surface area contributed by atoms with Crippen LogP contribution in [0, 0.1) is 5.82 Å². The molecule has 0 spiro atoms. The SMILES string of the molecule is NC1CCC(N(Cc2cccc(F)c2)c2ccnc3cc(Cl)ccc23)CC1. The van der Waals surface area contributed by atoms with Crippen LogP contribution in [0.4, 0.5) is 10.1 Å². The maximum Gasteiger partial charge on any atom is 0.123 e. The summed E-state index contributed by atoms with van der Waals surface area (Å²) in [7, 11) is 0. The average molecular weight is 384 g/mol. The largest absolute Gasteiger partial charge is 0.364 e. The van der Waals surface area contributed by atoms with Crippen molar-refractivity contribution in [3.8, 4) is 0 Å². The molecule has 4 rings (SSSR count). The Morgan fingerprint density at radius 2 is 1.89 bits per heavy atom. The van der Waals surface area contributed by atoms with Crippen LogP contribution in [0.5, 0.6) is 0 Å². The molecule has 1 saturated carbocycles. The first-order valence-electron chi connectivity index (χ1n) is 9.41. The van der Waals surface area contributed by atoms with Crippen LogP contribution in [0.1, 0.15) is 31.2 Å². The zero-order chi connectivity index (χ0) is 18.8. The van der Waals surface area contributed by atoms with Gasteiger partial charge in [0.2, 0.25) is 0 Å². The molecule has 0 bridgehead atoms. The number of benzene rings is 2. The van der Waals surface area contributed by atoms with Gasteiger partial charge in [-0.25, -0.2) is 4.39 Å². The number of anilines is 1. The number of aromatic nitrogens is 1. The summed E-state index contributed by atoms with van der Waals surface area (Å²) in [4.78, 5) is 6.86. The van der Waals surface area contributed by atoms with Crippen LogP contribution in [-0.2, 0) is 6.54 Å². The minimum absolute atomic E-state index is 0.204. The minimum atomic E-state index is -0.204. The molecule has 1 aliphatic carbocycles. The molecule has 1 heterocycles. The molecule has 0 saturated heterocycles. The first kappa shape index (κ1) is 18.2. The topological polar surface area (TPSA) is 42.1 Å². The van der Waals surface area contributed by atoms with E-state index in [0.29, 0.717) is 17.6 Å². The zero-order valence-electron chi connectivity index (χ0n) is 15.1. The number of pyridine rings is 1. The fourth-order valence-electron chi connectivity index (χ4n) is 4.01. The summed E-state index contributed by atoms with van der Waals surface area (Å²) in [6.07, 6.45) is 5.92. The third-order valence-electron chi connectivity index (χ3n) is 5.42. The van der Waals surface area contributed by atoms with Crippen LogP contribution >= 0.6 is 11.6 Å². The molecule has 0 radical (unpaired) electrons. The lowest BCUT2D eigenvalue weighted by atomic mass is 9.90. The van der Waals surface area contributed by atoms with E-state index in [4.69, 9.17) is 17.3 Å². The quantitative estimate of drug-likeness (QED) is 0.664. The molecule has 2 aromatic carbocycles. The van der Waals surface area contributed by atoms with Crippen LogP contribution in [0.3, 0.4) is 0 Å². The van der Waals surface area contributed by atoms with Gasteiger partial charge in [0.1, 0.15) is 5.82 Å². The average Bonchev–Trinajstić information content (AvgIpc) is 2.66. The van der Waals surface area contributed by atoms with Gasteiger partial charge in [0, 0.05) is 40.9 Å². The number of rotatable bonds is 4. The van der Waals surface area contributed by atoms with Gasteiger partial charge < -0.3 is 10.6 Å². The molecule has 0 atom stereocenters. The third kappa shape index (κ3) is 4.07. The van der Waals surface area contributed by atoms with Gasteiger partial charge in [-0.3, -0.25) is 4.98 Å². The van der Waals surface area contributed by atoms with E-state index in [1.807, 2.05) is 36.5 Å². The van der Waals surface area contributed by atoms with Gasteiger partial charge in [0.15, 0.2) is 0 Å². The highest BCUT2D eigenvalue weighted by molar-refractivity contribution is 6.31. The van der Waals surface area contributed by atoms with Gasteiger partial charge in [0.05, 0.1) is 5.52 Å². The molecule has 0 unspecified atom stereocenters. The molecular weight excluding hydrogens is 361 g/mol. The number of nitrogens with zero attached hydrogens (tertiary/aromatic N) is 2. The zero-order valence-corrected chi connectivity index (χ0v) is 15.9. The van der Waals surface area contributed by atoms with Crippen LogP contribution in [0.15, 0.2) is 54.7 Å². The van der Waals surface area contributed by atoms with E-state index in [2.05, 4.69) is 9.88 Å². The van der Waals surface area contributed by atoms with Crippen LogP contribution in [-0.4, -0.2) is 17.1 Å². The number of fused-ring (bicyclic) bond motifs is 1. The number of nitrogens with two attached hydrogens (primary N) is 1. The Balaban J connectivity index is 1.75. The van der Waals surface area contributed by atoms with Gasteiger partial charge in [-0.1, -0.05) is 23.7 Å². The summed E-state index contributed by atoms with van der Waals surface area (Å²) in [5.74, 6) is -0.204. The Morgan fingerprint density at radius 1 is 1.07 bits per heavy atom. The van der Waals surface area contributed by atoms with E-state index in [9.17, 15) is 4.39 Å². The van der Waals surface area contributed by atoms with Crippen molar-refractivity contribution in [2.75, 3.05) is 4.90 Å². The van der Waals surface area contributed by atoms with E-state index >= 15 is 0 Å². The molecule has 0 aliphatic heterocycles. The molecule has 3 nitrogen and oxygen atoms in total. The van der Waals surface area contributed by atoms with Gasteiger partial charge in [-0.2, -0.15) is 0 Å². The Kier molecular flexibility index (Phi) is 5.28. The van der Waals surface area contributed by atoms with Gasteiger partial charge >= 0.3 is 0 Å². The van der Waals surface area contributed by atoms with Gasteiger partial charge in [0.25, 0.3) is 0 Å². The number of halogens is 2. The van der Waals surface area contributed by atoms with E-state index in [0.717, 1.165) is 47.8 Å². The normalized spacial score (nSPS) is 20.0. The molecule has 140 valence electrons. The second kappa shape index (κ2) is 7.83. The third-order valence-corrected chi connectivity index (χ3v) is 5.65. The predicted molar refractivity (Wildman–Crippen MR) is 110 cm³/mol. The molecule has 0 amide bonds. The van der Waals surface area contributed by atoms with Crippen LogP contribution in [0.25, 0.3) is 10.9 Å². The highest BCUT2D eigenvalue weighted by atomic mass is 35.5. The van der Waals surface area contributed by atoms with Crippen molar-refractivity contribution in [1.29, 1.82) is 0 Å². The Morgan fingerprint density at radius 3 is 2.67 bits per heavy atom. The maximum atomic E-state index is 13.8. The lowest BCUT2D eigenvalue weighted by Gasteiger charge is -2.38. The Bertz CT molecular complexity index is 938.